The van der Waals surface area contributed by atoms with Crippen LogP contribution in [0, 0.1) is 25.7 Å². The van der Waals surface area contributed by atoms with Crippen LogP contribution in [0.4, 0.5) is 5.69 Å². The minimum Gasteiger partial charge on any atom is -0.359 e. The van der Waals surface area contributed by atoms with E-state index in [4.69, 9.17) is 4.74 Å². The quantitative estimate of drug-likeness (QED) is 0.456. The van der Waals surface area contributed by atoms with E-state index in [2.05, 4.69) is 22.8 Å². The maximum absolute atomic E-state index is 14.3. The Hall–Kier alpha value is -3.45. The van der Waals surface area contributed by atoms with Crippen LogP contribution in [0.25, 0.3) is 0 Å². The van der Waals surface area contributed by atoms with E-state index in [-0.39, 0.29) is 29.8 Å². The molecule has 7 nitrogen and oxygen atoms in total. The fraction of sp³-hybridized carbons (Fsp3) is 0.500. The molecule has 6 atom stereocenters. The molecule has 1 spiro atoms. The zero-order valence-electron chi connectivity index (χ0n) is 24.3. The molecule has 6 unspecified atom stereocenters. The van der Waals surface area contributed by atoms with Crippen LogP contribution < -0.4 is 10.6 Å². The van der Waals surface area contributed by atoms with Crippen molar-refractivity contribution < 1.29 is 19.1 Å². The molecule has 4 aliphatic rings. The second kappa shape index (κ2) is 11.1. The van der Waals surface area contributed by atoms with Gasteiger partial charge in [0.15, 0.2) is 0 Å². The third-order valence-corrected chi connectivity index (χ3v) is 9.76. The van der Waals surface area contributed by atoms with E-state index in [9.17, 15) is 14.4 Å². The Morgan fingerprint density at radius 2 is 1.78 bits per heavy atom. The predicted octanol–water partition coefficient (Wildman–Crippen LogP) is 4.86. The summed E-state index contributed by atoms with van der Waals surface area (Å²) in [6.45, 7) is 6.05. The highest BCUT2D eigenvalue weighted by Gasteiger charge is 2.73. The summed E-state index contributed by atoms with van der Waals surface area (Å²) in [6, 6.07) is 15.1. The number of fused-ring (bicyclic) bond motifs is 1. The van der Waals surface area contributed by atoms with Gasteiger partial charge in [-0.15, -0.1) is 0 Å². The molecule has 41 heavy (non-hydrogen) atoms. The average Bonchev–Trinajstić information content (AvgIpc) is 3.62. The first kappa shape index (κ1) is 27.7. The maximum atomic E-state index is 14.3. The van der Waals surface area contributed by atoms with Gasteiger partial charge >= 0.3 is 0 Å². The second-order valence-electron chi connectivity index (χ2n) is 12.5. The summed E-state index contributed by atoms with van der Waals surface area (Å²) in [5.74, 6) is -2.02. The maximum Gasteiger partial charge on any atom is 0.246 e. The molecule has 2 N–H and O–H groups in total. The Balaban J connectivity index is 1.29. The molecule has 3 fully saturated rings. The number of carbonyl (C=O) groups excluding carboxylic acids is 3. The number of nitrogens with one attached hydrogen (secondary N) is 2. The van der Waals surface area contributed by atoms with Crippen molar-refractivity contribution in [1.29, 1.82) is 0 Å². The lowest BCUT2D eigenvalue weighted by Crippen LogP contribution is -2.58. The standard InChI is InChI=1S/C34H41N3O4/c1-21-14-17-26(20-22(21)2)36-31(38)28-27-18-19-34(41-27)29(28)33(40)37(23(3)15-16-24-10-6-4-7-11-24)30(34)32(39)35-25-12-8-5-9-13-25/h4,6-7,10-11,14,17-20,23,25,27-30H,5,8-9,12-13,15-16H2,1-3H3,(H,35,39)(H,36,38). The van der Waals surface area contributed by atoms with Gasteiger partial charge in [-0.25, -0.2) is 0 Å². The number of aryl methyl sites for hydroxylation is 3. The Bertz CT molecular complexity index is 1350. The lowest BCUT2D eigenvalue weighted by Gasteiger charge is -2.36. The lowest BCUT2D eigenvalue weighted by molar-refractivity contribution is -0.143. The van der Waals surface area contributed by atoms with Crippen molar-refractivity contribution in [2.24, 2.45) is 11.8 Å². The largest absolute Gasteiger partial charge is 0.359 e. The van der Waals surface area contributed by atoms with Crippen molar-refractivity contribution in [3.63, 3.8) is 0 Å². The first-order chi connectivity index (χ1) is 19.8. The minimum absolute atomic E-state index is 0.106. The van der Waals surface area contributed by atoms with Crippen LogP contribution in [0.15, 0.2) is 60.7 Å². The van der Waals surface area contributed by atoms with Crippen molar-refractivity contribution in [2.75, 3.05) is 5.32 Å². The number of hydrogen-bond donors (Lipinski definition) is 2. The summed E-state index contributed by atoms with van der Waals surface area (Å²) in [6.07, 6.45) is 10.0. The summed E-state index contributed by atoms with van der Waals surface area (Å²) in [5, 5.41) is 6.32. The van der Waals surface area contributed by atoms with E-state index in [1.54, 1.807) is 4.90 Å². The van der Waals surface area contributed by atoms with Gasteiger partial charge in [0.05, 0.1) is 17.9 Å². The fourth-order valence-corrected chi connectivity index (χ4v) is 7.41. The molecular weight excluding hydrogens is 514 g/mol. The Morgan fingerprint density at radius 3 is 2.51 bits per heavy atom. The predicted molar refractivity (Wildman–Crippen MR) is 158 cm³/mol. The van der Waals surface area contributed by atoms with Crippen molar-refractivity contribution in [2.45, 2.75) is 95.5 Å². The molecule has 1 saturated carbocycles. The number of nitrogens with zero attached hydrogens (tertiary/aromatic N) is 1. The zero-order chi connectivity index (χ0) is 28.7. The first-order valence-electron chi connectivity index (χ1n) is 15.2. The SMILES string of the molecule is Cc1ccc(NC(=O)C2C3C=CC4(O3)C2C(=O)N(C(C)CCc2ccccc2)C4C(=O)NC2CCCCC2)cc1C. The second-order valence-corrected chi connectivity index (χ2v) is 12.5. The topological polar surface area (TPSA) is 87.7 Å². The molecule has 2 saturated heterocycles. The number of ether oxygens (including phenoxy) is 1. The van der Waals surface area contributed by atoms with Gasteiger partial charge < -0.3 is 20.3 Å². The number of hydrogen-bond acceptors (Lipinski definition) is 4. The molecule has 2 aromatic rings. The molecule has 3 amide bonds. The van der Waals surface area contributed by atoms with Crippen molar-refractivity contribution in [3.8, 4) is 0 Å². The van der Waals surface area contributed by atoms with E-state index >= 15 is 0 Å². The van der Waals surface area contributed by atoms with Crippen LogP contribution in [-0.2, 0) is 25.5 Å². The third kappa shape index (κ3) is 4.99. The van der Waals surface area contributed by atoms with Crippen molar-refractivity contribution >= 4 is 23.4 Å². The molecule has 2 bridgehead atoms. The van der Waals surface area contributed by atoms with E-state index in [0.717, 1.165) is 43.2 Å². The summed E-state index contributed by atoms with van der Waals surface area (Å²) in [4.78, 5) is 44.0. The van der Waals surface area contributed by atoms with Crippen LogP contribution >= 0.6 is 0 Å². The number of rotatable bonds is 8. The molecular formula is C34H41N3O4. The Labute approximate surface area is 242 Å². The number of likely N-dealkylation sites (tertiary alicyclic amines) is 1. The molecule has 3 aliphatic heterocycles. The van der Waals surface area contributed by atoms with E-state index in [1.165, 1.54) is 12.0 Å². The molecule has 1 aliphatic carbocycles. The van der Waals surface area contributed by atoms with E-state index < -0.39 is 29.6 Å². The highest BCUT2D eigenvalue weighted by molar-refractivity contribution is 6.03. The van der Waals surface area contributed by atoms with Crippen molar-refractivity contribution in [1.82, 2.24) is 10.2 Å². The molecule has 3 heterocycles. The van der Waals surface area contributed by atoms with Gasteiger partial charge in [0, 0.05) is 17.8 Å². The van der Waals surface area contributed by atoms with Gasteiger partial charge in [-0.05, 0) is 75.3 Å². The summed E-state index contributed by atoms with van der Waals surface area (Å²) in [5.41, 5.74) is 2.97. The van der Waals surface area contributed by atoms with Gasteiger partial charge in [-0.2, -0.15) is 0 Å². The average molecular weight is 556 g/mol. The van der Waals surface area contributed by atoms with Gasteiger partial charge in [0.2, 0.25) is 17.7 Å². The van der Waals surface area contributed by atoms with E-state index in [0.29, 0.717) is 12.1 Å². The number of amides is 3. The number of benzene rings is 2. The van der Waals surface area contributed by atoms with Crippen molar-refractivity contribution in [3.05, 3.63) is 77.4 Å². The molecule has 0 aromatic heterocycles. The molecule has 216 valence electrons. The smallest absolute Gasteiger partial charge is 0.246 e. The third-order valence-electron chi connectivity index (χ3n) is 9.76. The molecule has 6 rings (SSSR count). The van der Waals surface area contributed by atoms with E-state index in [1.807, 2.05) is 69.3 Å². The van der Waals surface area contributed by atoms with Crippen LogP contribution in [0.2, 0.25) is 0 Å². The number of anilines is 1. The molecule has 0 radical (unpaired) electrons. The van der Waals surface area contributed by atoms with Crippen LogP contribution in [-0.4, -0.2) is 52.5 Å². The normalized spacial score (nSPS) is 29.4. The highest BCUT2D eigenvalue weighted by Crippen LogP contribution is 2.56. The fourth-order valence-electron chi connectivity index (χ4n) is 7.41. The van der Waals surface area contributed by atoms with Crippen LogP contribution in [0.5, 0.6) is 0 Å². The Morgan fingerprint density at radius 1 is 1.02 bits per heavy atom. The monoisotopic (exact) mass is 555 g/mol. The summed E-state index contributed by atoms with van der Waals surface area (Å²) in [7, 11) is 0. The lowest BCUT2D eigenvalue weighted by atomic mass is 9.74. The first-order valence-corrected chi connectivity index (χ1v) is 15.2. The number of carbonyl (C=O) groups is 3. The van der Waals surface area contributed by atoms with Gasteiger partial charge in [-0.1, -0.05) is 67.8 Å². The van der Waals surface area contributed by atoms with Gasteiger partial charge in [-0.3, -0.25) is 14.4 Å². The van der Waals surface area contributed by atoms with Crippen LogP contribution in [0.1, 0.15) is 62.1 Å². The summed E-state index contributed by atoms with van der Waals surface area (Å²) >= 11 is 0. The molecule has 2 aromatic carbocycles. The summed E-state index contributed by atoms with van der Waals surface area (Å²) < 4.78 is 6.54. The van der Waals surface area contributed by atoms with Crippen LogP contribution in [0.3, 0.4) is 0 Å². The minimum atomic E-state index is -1.15. The molecule has 7 heteroatoms. The Kier molecular flexibility index (Phi) is 7.49. The van der Waals surface area contributed by atoms with Gasteiger partial charge in [0.25, 0.3) is 0 Å². The van der Waals surface area contributed by atoms with Gasteiger partial charge in [0.1, 0.15) is 11.6 Å². The highest BCUT2D eigenvalue weighted by atomic mass is 16.5. The zero-order valence-corrected chi connectivity index (χ0v) is 24.3.